The highest BCUT2D eigenvalue weighted by Gasteiger charge is 2.24. The Morgan fingerprint density at radius 2 is 2.00 bits per heavy atom. The van der Waals surface area contributed by atoms with E-state index >= 15 is 0 Å². The van der Waals surface area contributed by atoms with E-state index in [9.17, 15) is 0 Å². The third-order valence-electron chi connectivity index (χ3n) is 1.58. The molecule has 2 nitrogen and oxygen atoms in total. The van der Waals surface area contributed by atoms with Crippen LogP contribution in [0.1, 0.15) is 13.8 Å². The van der Waals surface area contributed by atoms with E-state index < -0.39 is 5.79 Å². The molecule has 3 heteroatoms. The lowest BCUT2D eigenvalue weighted by Crippen LogP contribution is -2.35. The zero-order chi connectivity index (χ0) is 8.32. The molecule has 0 radical (unpaired) electrons. The molecule has 0 spiro atoms. The predicted octanol–water partition coefficient (Wildman–Crippen LogP) is 1.93. The molecule has 1 fully saturated rings. The van der Waals surface area contributed by atoms with Gasteiger partial charge in [0.2, 0.25) is 0 Å². The maximum atomic E-state index is 5.52. The molecule has 1 saturated heterocycles. The minimum absolute atomic E-state index is 0.427. The van der Waals surface area contributed by atoms with Crippen LogP contribution >= 0.6 is 11.6 Å². The third kappa shape index (κ3) is 2.81. The number of allylic oxidation sites excluding steroid dienone is 1. The highest BCUT2D eigenvalue weighted by molar-refractivity contribution is 6.18. The lowest BCUT2D eigenvalue weighted by Gasteiger charge is -2.31. The van der Waals surface area contributed by atoms with E-state index in [1.807, 2.05) is 19.9 Å². The Morgan fingerprint density at radius 1 is 1.45 bits per heavy atom. The fraction of sp³-hybridized carbons (Fsp3) is 0.750. The minimum atomic E-state index is -0.427. The van der Waals surface area contributed by atoms with Crippen molar-refractivity contribution in [3.05, 3.63) is 11.6 Å². The molecule has 0 amide bonds. The molecule has 0 unspecified atom stereocenters. The van der Waals surface area contributed by atoms with E-state index in [1.165, 1.54) is 0 Å². The standard InChI is InChI=1S/C8H13ClO2/c1-8(2)10-5-7(3-4-9)6-11-8/h3H,4-6H2,1-2H3. The van der Waals surface area contributed by atoms with Gasteiger partial charge in [0, 0.05) is 5.88 Å². The number of hydrogen-bond donors (Lipinski definition) is 0. The van der Waals surface area contributed by atoms with Gasteiger partial charge in [-0.3, -0.25) is 0 Å². The van der Waals surface area contributed by atoms with Gasteiger partial charge in [0.1, 0.15) is 0 Å². The summed E-state index contributed by atoms with van der Waals surface area (Å²) in [5, 5.41) is 0. The van der Waals surface area contributed by atoms with Crippen LogP contribution < -0.4 is 0 Å². The Morgan fingerprint density at radius 3 is 2.45 bits per heavy atom. The summed E-state index contributed by atoms with van der Waals surface area (Å²) in [6.45, 7) is 5.09. The van der Waals surface area contributed by atoms with Gasteiger partial charge >= 0.3 is 0 Å². The van der Waals surface area contributed by atoms with Crippen LogP contribution in [0.25, 0.3) is 0 Å². The topological polar surface area (TPSA) is 18.5 Å². The summed E-state index contributed by atoms with van der Waals surface area (Å²) in [6, 6.07) is 0. The van der Waals surface area contributed by atoms with Crippen molar-refractivity contribution in [2.45, 2.75) is 19.6 Å². The monoisotopic (exact) mass is 176 g/mol. The fourth-order valence-corrected chi connectivity index (χ4v) is 1.06. The Hall–Kier alpha value is -0.0500. The smallest absolute Gasteiger partial charge is 0.163 e. The quantitative estimate of drug-likeness (QED) is 0.449. The van der Waals surface area contributed by atoms with Gasteiger partial charge in [0.25, 0.3) is 0 Å². The summed E-state index contributed by atoms with van der Waals surface area (Å²) in [4.78, 5) is 0. The maximum Gasteiger partial charge on any atom is 0.163 e. The van der Waals surface area contributed by atoms with Crippen LogP contribution in [0.4, 0.5) is 0 Å². The van der Waals surface area contributed by atoms with Gasteiger partial charge in [-0.1, -0.05) is 6.08 Å². The van der Waals surface area contributed by atoms with E-state index in [0.29, 0.717) is 19.1 Å². The Labute approximate surface area is 72.1 Å². The first-order valence-corrected chi connectivity index (χ1v) is 4.19. The molecule has 1 rings (SSSR count). The molecule has 1 aliphatic rings. The SMILES string of the molecule is CC1(C)OCC(=CCCl)CO1. The summed E-state index contributed by atoms with van der Waals surface area (Å²) < 4.78 is 10.8. The molecule has 64 valence electrons. The average molecular weight is 177 g/mol. The fourth-order valence-electron chi connectivity index (χ4n) is 0.843. The van der Waals surface area contributed by atoms with Crippen LogP contribution in [0.5, 0.6) is 0 Å². The first-order valence-electron chi connectivity index (χ1n) is 3.66. The van der Waals surface area contributed by atoms with Crippen LogP contribution in [0.15, 0.2) is 11.6 Å². The maximum absolute atomic E-state index is 5.52. The molecule has 0 aromatic carbocycles. The van der Waals surface area contributed by atoms with Crippen molar-refractivity contribution >= 4 is 11.6 Å². The summed E-state index contributed by atoms with van der Waals surface area (Å²) in [7, 11) is 0. The van der Waals surface area contributed by atoms with Gasteiger partial charge in [0.15, 0.2) is 5.79 Å². The van der Waals surface area contributed by atoms with Crippen molar-refractivity contribution < 1.29 is 9.47 Å². The summed E-state index contributed by atoms with van der Waals surface area (Å²) in [5.41, 5.74) is 1.12. The summed E-state index contributed by atoms with van der Waals surface area (Å²) in [6.07, 6.45) is 1.93. The van der Waals surface area contributed by atoms with Gasteiger partial charge in [0.05, 0.1) is 13.2 Å². The molecule has 0 saturated carbocycles. The molecule has 0 aliphatic carbocycles. The van der Waals surface area contributed by atoms with E-state index in [1.54, 1.807) is 0 Å². The largest absolute Gasteiger partial charge is 0.346 e. The Bertz CT molecular complexity index is 151. The molecule has 0 atom stereocenters. The lowest BCUT2D eigenvalue weighted by atomic mass is 10.2. The molecule has 1 heterocycles. The number of halogens is 1. The number of alkyl halides is 1. The first-order chi connectivity index (χ1) is 5.14. The zero-order valence-corrected chi connectivity index (χ0v) is 7.65. The van der Waals surface area contributed by atoms with E-state index in [0.717, 1.165) is 5.57 Å². The summed E-state index contributed by atoms with van der Waals surface area (Å²) in [5.74, 6) is 0.103. The molecule has 0 aromatic heterocycles. The summed E-state index contributed by atoms with van der Waals surface area (Å²) >= 11 is 5.52. The molecular formula is C8H13ClO2. The van der Waals surface area contributed by atoms with E-state index in [-0.39, 0.29) is 0 Å². The van der Waals surface area contributed by atoms with Gasteiger partial charge < -0.3 is 9.47 Å². The minimum Gasteiger partial charge on any atom is -0.346 e. The first kappa shape index (κ1) is 9.04. The van der Waals surface area contributed by atoms with Crippen molar-refractivity contribution in [2.24, 2.45) is 0 Å². The van der Waals surface area contributed by atoms with Crippen LogP contribution in [-0.2, 0) is 9.47 Å². The van der Waals surface area contributed by atoms with Crippen molar-refractivity contribution in [2.75, 3.05) is 19.1 Å². The van der Waals surface area contributed by atoms with E-state index in [4.69, 9.17) is 21.1 Å². The molecule has 0 bridgehead atoms. The molecule has 0 N–H and O–H groups in total. The Kier molecular flexibility index (Phi) is 2.93. The average Bonchev–Trinajstić information content (AvgIpc) is 1.94. The van der Waals surface area contributed by atoms with Crippen molar-refractivity contribution in [1.29, 1.82) is 0 Å². The number of ether oxygens (including phenoxy) is 2. The lowest BCUT2D eigenvalue weighted by molar-refractivity contribution is -0.225. The van der Waals surface area contributed by atoms with Crippen molar-refractivity contribution in [1.82, 2.24) is 0 Å². The van der Waals surface area contributed by atoms with Gasteiger partial charge in [-0.25, -0.2) is 0 Å². The highest BCUT2D eigenvalue weighted by Crippen LogP contribution is 2.19. The molecule has 11 heavy (non-hydrogen) atoms. The second-order valence-corrected chi connectivity index (χ2v) is 3.30. The van der Waals surface area contributed by atoms with Crippen LogP contribution in [0.2, 0.25) is 0 Å². The van der Waals surface area contributed by atoms with Gasteiger partial charge in [-0.2, -0.15) is 0 Å². The Balaban J connectivity index is 2.42. The number of hydrogen-bond acceptors (Lipinski definition) is 2. The van der Waals surface area contributed by atoms with Crippen LogP contribution in [0.3, 0.4) is 0 Å². The van der Waals surface area contributed by atoms with Gasteiger partial charge in [-0.15, -0.1) is 11.6 Å². The molecule has 1 aliphatic heterocycles. The third-order valence-corrected chi connectivity index (χ3v) is 1.73. The van der Waals surface area contributed by atoms with Crippen LogP contribution in [-0.4, -0.2) is 24.9 Å². The van der Waals surface area contributed by atoms with Crippen LogP contribution in [0, 0.1) is 0 Å². The second kappa shape index (κ2) is 3.57. The molecular weight excluding hydrogens is 164 g/mol. The van der Waals surface area contributed by atoms with Crippen molar-refractivity contribution in [3.63, 3.8) is 0 Å². The molecule has 0 aromatic rings. The zero-order valence-electron chi connectivity index (χ0n) is 6.89. The predicted molar refractivity (Wildman–Crippen MR) is 44.8 cm³/mol. The highest BCUT2D eigenvalue weighted by atomic mass is 35.5. The van der Waals surface area contributed by atoms with Crippen molar-refractivity contribution in [3.8, 4) is 0 Å². The van der Waals surface area contributed by atoms with Gasteiger partial charge in [-0.05, 0) is 19.4 Å². The second-order valence-electron chi connectivity index (χ2n) is 2.99. The van der Waals surface area contributed by atoms with E-state index in [2.05, 4.69) is 0 Å². The number of rotatable bonds is 1. The normalized spacial score (nSPS) is 23.4.